The summed E-state index contributed by atoms with van der Waals surface area (Å²) in [6, 6.07) is 6.56. The van der Waals surface area contributed by atoms with Crippen molar-refractivity contribution < 1.29 is 0 Å². The topological polar surface area (TPSA) is 64.9 Å². The fraction of sp³-hybridized carbons (Fsp3) is 0.417. The van der Waals surface area contributed by atoms with Crippen LogP contribution in [0.25, 0.3) is 10.2 Å². The molecule has 2 unspecified atom stereocenters. The molecule has 1 saturated carbocycles. The van der Waals surface area contributed by atoms with E-state index in [4.69, 9.17) is 16.5 Å². The van der Waals surface area contributed by atoms with Crippen molar-refractivity contribution in [2.24, 2.45) is 11.5 Å². The highest BCUT2D eigenvalue weighted by Crippen LogP contribution is 2.39. The molecule has 2 aromatic rings. The van der Waals surface area contributed by atoms with Crippen LogP contribution < -0.4 is 11.5 Å². The fourth-order valence-electron chi connectivity index (χ4n) is 2.42. The van der Waals surface area contributed by atoms with Gasteiger partial charge in [-0.1, -0.05) is 0 Å². The van der Waals surface area contributed by atoms with Gasteiger partial charge in [-0.3, -0.25) is 0 Å². The van der Waals surface area contributed by atoms with E-state index in [-0.39, 0.29) is 11.6 Å². The zero-order valence-electron chi connectivity index (χ0n) is 9.32. The SMILES string of the molecule is NC1CCC(N)(c2nc3cc(I)ccc3s2)C1. The van der Waals surface area contributed by atoms with E-state index in [9.17, 15) is 0 Å². The fourth-order valence-corrected chi connectivity index (χ4v) is 3.98. The Kier molecular flexibility index (Phi) is 2.89. The van der Waals surface area contributed by atoms with Gasteiger partial charge in [0.1, 0.15) is 5.01 Å². The molecule has 3 nitrogen and oxygen atoms in total. The van der Waals surface area contributed by atoms with E-state index in [0.29, 0.717) is 0 Å². The predicted octanol–water partition coefficient (Wildman–Crippen LogP) is 2.57. The van der Waals surface area contributed by atoms with E-state index in [1.54, 1.807) is 11.3 Å². The molecule has 5 heteroatoms. The van der Waals surface area contributed by atoms with Crippen molar-refractivity contribution in [1.29, 1.82) is 0 Å². The summed E-state index contributed by atoms with van der Waals surface area (Å²) in [5.74, 6) is 0. The number of aromatic nitrogens is 1. The van der Waals surface area contributed by atoms with Crippen molar-refractivity contribution in [3.8, 4) is 0 Å². The van der Waals surface area contributed by atoms with E-state index >= 15 is 0 Å². The third-order valence-electron chi connectivity index (χ3n) is 3.36. The van der Waals surface area contributed by atoms with Gasteiger partial charge in [0.05, 0.1) is 15.8 Å². The van der Waals surface area contributed by atoms with Crippen LogP contribution in [0, 0.1) is 3.57 Å². The monoisotopic (exact) mass is 359 g/mol. The molecule has 0 bridgehead atoms. The number of thiazole rings is 1. The lowest BCUT2D eigenvalue weighted by Crippen LogP contribution is -2.35. The van der Waals surface area contributed by atoms with Crippen molar-refractivity contribution in [3.05, 3.63) is 26.8 Å². The van der Waals surface area contributed by atoms with Crippen LogP contribution in [0.3, 0.4) is 0 Å². The van der Waals surface area contributed by atoms with Crippen LogP contribution in [0.2, 0.25) is 0 Å². The van der Waals surface area contributed by atoms with Crippen molar-refractivity contribution in [2.45, 2.75) is 30.8 Å². The Bertz CT molecular complexity index is 568. The van der Waals surface area contributed by atoms with E-state index in [0.717, 1.165) is 29.8 Å². The number of fused-ring (bicyclic) bond motifs is 1. The minimum absolute atomic E-state index is 0.229. The Balaban J connectivity index is 2.06. The van der Waals surface area contributed by atoms with Crippen molar-refractivity contribution in [1.82, 2.24) is 4.98 Å². The second kappa shape index (κ2) is 4.15. The molecule has 1 heterocycles. The quantitative estimate of drug-likeness (QED) is 0.770. The highest BCUT2D eigenvalue weighted by Gasteiger charge is 2.38. The number of nitrogens with zero attached hydrogens (tertiary/aromatic N) is 1. The Hall–Kier alpha value is -0.240. The van der Waals surface area contributed by atoms with Crippen LogP contribution in [0.4, 0.5) is 0 Å². The highest BCUT2D eigenvalue weighted by atomic mass is 127. The van der Waals surface area contributed by atoms with Crippen molar-refractivity contribution in [2.75, 3.05) is 0 Å². The summed E-state index contributed by atoms with van der Waals surface area (Å²) in [6.45, 7) is 0. The first kappa shape index (κ1) is 11.8. The zero-order chi connectivity index (χ0) is 12.0. The Morgan fingerprint density at radius 3 is 3.00 bits per heavy atom. The van der Waals surface area contributed by atoms with Crippen LogP contribution in [0.1, 0.15) is 24.3 Å². The summed E-state index contributed by atoms with van der Waals surface area (Å²) in [5.41, 5.74) is 13.2. The molecule has 0 radical (unpaired) electrons. The maximum Gasteiger partial charge on any atom is 0.114 e. The predicted molar refractivity (Wildman–Crippen MR) is 80.0 cm³/mol. The first-order valence-electron chi connectivity index (χ1n) is 5.68. The number of benzene rings is 1. The molecule has 0 spiro atoms. The van der Waals surface area contributed by atoms with E-state index < -0.39 is 0 Å². The largest absolute Gasteiger partial charge is 0.328 e. The van der Waals surface area contributed by atoms with Crippen molar-refractivity contribution in [3.63, 3.8) is 0 Å². The van der Waals surface area contributed by atoms with Gasteiger partial charge >= 0.3 is 0 Å². The lowest BCUT2D eigenvalue weighted by Gasteiger charge is -2.20. The molecule has 1 fully saturated rings. The van der Waals surface area contributed by atoms with Crippen LogP contribution in [-0.4, -0.2) is 11.0 Å². The van der Waals surface area contributed by atoms with Gasteiger partial charge in [-0.25, -0.2) is 4.98 Å². The maximum absolute atomic E-state index is 6.44. The third kappa shape index (κ3) is 2.09. The van der Waals surface area contributed by atoms with Gasteiger partial charge in [-0.15, -0.1) is 11.3 Å². The second-order valence-electron chi connectivity index (χ2n) is 4.79. The molecule has 0 saturated heterocycles. The van der Waals surface area contributed by atoms with Crippen LogP contribution in [0.15, 0.2) is 18.2 Å². The van der Waals surface area contributed by atoms with Gasteiger partial charge in [0, 0.05) is 9.61 Å². The lowest BCUT2D eigenvalue weighted by molar-refractivity contribution is 0.452. The van der Waals surface area contributed by atoms with Gasteiger partial charge in [-0.05, 0) is 60.1 Å². The summed E-state index contributed by atoms with van der Waals surface area (Å²) in [5, 5.41) is 1.04. The molecule has 3 rings (SSSR count). The number of hydrogen-bond donors (Lipinski definition) is 2. The molecule has 90 valence electrons. The summed E-state index contributed by atoms with van der Waals surface area (Å²) < 4.78 is 2.42. The second-order valence-corrected chi connectivity index (χ2v) is 7.07. The molecule has 1 aliphatic rings. The summed E-state index contributed by atoms with van der Waals surface area (Å²) in [7, 11) is 0. The maximum atomic E-state index is 6.44. The molecular weight excluding hydrogens is 345 g/mol. The van der Waals surface area contributed by atoms with Crippen LogP contribution in [-0.2, 0) is 5.54 Å². The van der Waals surface area contributed by atoms with Gasteiger partial charge in [-0.2, -0.15) is 0 Å². The molecule has 4 N–H and O–H groups in total. The zero-order valence-corrected chi connectivity index (χ0v) is 12.3. The summed E-state index contributed by atoms with van der Waals surface area (Å²) in [6.07, 6.45) is 2.80. The summed E-state index contributed by atoms with van der Waals surface area (Å²) in [4.78, 5) is 4.69. The molecule has 0 aliphatic heterocycles. The van der Waals surface area contributed by atoms with Crippen molar-refractivity contribution >= 4 is 44.1 Å². The minimum Gasteiger partial charge on any atom is -0.328 e. The van der Waals surface area contributed by atoms with Gasteiger partial charge in [0.25, 0.3) is 0 Å². The molecule has 1 aromatic carbocycles. The van der Waals surface area contributed by atoms with Crippen LogP contribution >= 0.6 is 33.9 Å². The Morgan fingerprint density at radius 1 is 1.47 bits per heavy atom. The first-order chi connectivity index (χ1) is 8.07. The number of halogens is 1. The lowest BCUT2D eigenvalue weighted by atomic mass is 10.0. The molecule has 0 amide bonds. The average Bonchev–Trinajstić information content (AvgIpc) is 2.83. The minimum atomic E-state index is -0.297. The van der Waals surface area contributed by atoms with Crippen LogP contribution in [0.5, 0.6) is 0 Å². The molecule has 2 atom stereocenters. The number of hydrogen-bond acceptors (Lipinski definition) is 4. The molecule has 1 aromatic heterocycles. The normalized spacial score (nSPS) is 29.0. The number of nitrogens with two attached hydrogens (primary N) is 2. The third-order valence-corrected chi connectivity index (χ3v) is 5.29. The van der Waals surface area contributed by atoms with Gasteiger partial charge < -0.3 is 11.5 Å². The van der Waals surface area contributed by atoms with E-state index in [1.807, 2.05) is 0 Å². The summed E-state index contributed by atoms with van der Waals surface area (Å²) >= 11 is 4.01. The smallest absolute Gasteiger partial charge is 0.114 e. The molecular formula is C12H14IN3S. The van der Waals surface area contributed by atoms with Gasteiger partial charge in [0.2, 0.25) is 0 Å². The first-order valence-corrected chi connectivity index (χ1v) is 7.57. The molecule has 1 aliphatic carbocycles. The molecule has 17 heavy (non-hydrogen) atoms. The standard InChI is InChI=1S/C12H14IN3S/c13-7-1-2-10-9(5-7)16-11(17-10)12(15)4-3-8(14)6-12/h1-2,5,8H,3-4,6,14-15H2. The number of rotatable bonds is 1. The Labute approximate surface area is 118 Å². The van der Waals surface area contributed by atoms with Gasteiger partial charge in [0.15, 0.2) is 0 Å². The highest BCUT2D eigenvalue weighted by molar-refractivity contribution is 14.1. The van der Waals surface area contributed by atoms with E-state index in [1.165, 1.54) is 8.27 Å². The average molecular weight is 359 g/mol. The Morgan fingerprint density at radius 2 is 2.29 bits per heavy atom. The van der Waals surface area contributed by atoms with E-state index in [2.05, 4.69) is 40.8 Å².